The molecule has 182 valence electrons. The summed E-state index contributed by atoms with van der Waals surface area (Å²) in [5.74, 6) is -0.727. The van der Waals surface area contributed by atoms with Crippen LogP contribution in [-0.2, 0) is 16.1 Å². The van der Waals surface area contributed by atoms with Gasteiger partial charge in [-0.15, -0.1) is 24.2 Å². The van der Waals surface area contributed by atoms with E-state index >= 15 is 0 Å². The number of carboxylic acids is 1. The summed E-state index contributed by atoms with van der Waals surface area (Å²) in [6.45, 7) is 6.01. The number of piperidine rings is 1. The van der Waals surface area contributed by atoms with Gasteiger partial charge in [0.05, 0.1) is 12.9 Å². The molecule has 13 heteroatoms. The number of carbonyl (C=O) groups is 2. The third-order valence-corrected chi connectivity index (χ3v) is 8.11. The molecule has 33 heavy (non-hydrogen) atoms. The summed E-state index contributed by atoms with van der Waals surface area (Å²) in [4.78, 5) is 46.4. The molecule has 3 saturated heterocycles. The highest BCUT2D eigenvalue weighted by Crippen LogP contribution is 2.51. The molecule has 0 unspecified atom stereocenters. The van der Waals surface area contributed by atoms with E-state index in [4.69, 9.17) is 0 Å². The number of β-lactam (4-membered cyclic amide) rings is 1. The normalized spacial score (nSPS) is 26.7. The van der Waals surface area contributed by atoms with Crippen molar-refractivity contribution in [3.8, 4) is 0 Å². The van der Waals surface area contributed by atoms with Crippen molar-refractivity contribution >= 4 is 48.3 Å². The van der Waals surface area contributed by atoms with Crippen LogP contribution in [0.2, 0.25) is 0 Å². The third-order valence-electron chi connectivity index (χ3n) is 6.55. The number of rotatable bonds is 8. The lowest BCUT2D eigenvalue weighted by Crippen LogP contribution is -2.65. The number of aromatic nitrogens is 2. The monoisotopic (exact) mass is 500 g/mol. The topological polar surface area (TPSA) is 134 Å². The molecule has 3 aliphatic heterocycles. The Bertz CT molecular complexity index is 932. The van der Waals surface area contributed by atoms with Crippen molar-refractivity contribution < 1.29 is 19.6 Å². The molecule has 0 aliphatic carbocycles. The minimum absolute atomic E-state index is 0. The number of imidazole rings is 1. The summed E-state index contributed by atoms with van der Waals surface area (Å²) in [5, 5.41) is 20.2. The maximum absolute atomic E-state index is 12.5. The summed E-state index contributed by atoms with van der Waals surface area (Å²) in [7, 11) is 0. The van der Waals surface area contributed by atoms with Gasteiger partial charge in [-0.1, -0.05) is 4.98 Å². The summed E-state index contributed by atoms with van der Waals surface area (Å²) in [5.41, 5.74) is 0. The number of nitro groups is 1. The Balaban J connectivity index is 0.00000306. The lowest BCUT2D eigenvalue weighted by atomic mass is 9.92. The number of carbonyl (C=O) groups excluding carboxylic acids is 1. The number of likely N-dealkylation sites (tertiary alicyclic amines) is 1. The summed E-state index contributed by atoms with van der Waals surface area (Å²) >= 11 is 1.51. The van der Waals surface area contributed by atoms with Crippen LogP contribution in [-0.4, -0.2) is 82.9 Å². The summed E-state index contributed by atoms with van der Waals surface area (Å²) < 4.78 is 1.05. The van der Waals surface area contributed by atoms with Gasteiger partial charge < -0.3 is 25.0 Å². The van der Waals surface area contributed by atoms with Crippen molar-refractivity contribution in [2.75, 3.05) is 13.1 Å². The number of aliphatic imine (C=N–C) groups is 1. The molecule has 1 aromatic rings. The smallest absolute Gasteiger partial charge is 0.434 e. The van der Waals surface area contributed by atoms with Crippen LogP contribution in [0.4, 0.5) is 5.95 Å². The van der Waals surface area contributed by atoms with Gasteiger partial charge in [-0.25, -0.2) is 9.36 Å². The molecule has 1 N–H and O–H groups in total. The molecule has 3 fully saturated rings. The minimum Gasteiger partial charge on any atom is -0.480 e. The van der Waals surface area contributed by atoms with E-state index in [2.05, 4.69) is 14.9 Å². The Morgan fingerprint density at radius 3 is 2.76 bits per heavy atom. The summed E-state index contributed by atoms with van der Waals surface area (Å²) in [6.07, 6.45) is 8.73. The van der Waals surface area contributed by atoms with Gasteiger partial charge in [-0.3, -0.25) is 9.79 Å². The number of nitrogens with zero attached hydrogens (tertiary/aromatic N) is 6. The van der Waals surface area contributed by atoms with E-state index in [0.29, 0.717) is 12.5 Å². The average molecular weight is 501 g/mol. The van der Waals surface area contributed by atoms with Gasteiger partial charge in [0.25, 0.3) is 5.91 Å². The van der Waals surface area contributed by atoms with Crippen molar-refractivity contribution in [2.24, 2.45) is 10.9 Å². The Hall–Kier alpha value is -2.34. The molecule has 0 spiro atoms. The quantitative estimate of drug-likeness (QED) is 0.189. The molecule has 3 aliphatic rings. The van der Waals surface area contributed by atoms with Gasteiger partial charge in [-0.2, -0.15) is 0 Å². The van der Waals surface area contributed by atoms with Crippen LogP contribution < -0.4 is 0 Å². The highest BCUT2D eigenvalue weighted by molar-refractivity contribution is 8.01. The first-order valence-electron chi connectivity index (χ1n) is 10.8. The van der Waals surface area contributed by atoms with Crippen molar-refractivity contribution in [3.05, 3.63) is 22.5 Å². The number of thioether (sulfide) groups is 1. The fourth-order valence-corrected chi connectivity index (χ4v) is 6.47. The number of hydrogen-bond donors (Lipinski definition) is 1. The maximum Gasteiger partial charge on any atom is 0.434 e. The number of fused-ring (bicyclic) bond motifs is 1. The van der Waals surface area contributed by atoms with Crippen molar-refractivity contribution in [2.45, 2.75) is 68.3 Å². The molecule has 3 atom stereocenters. The number of amides is 1. The highest BCUT2D eigenvalue weighted by atomic mass is 35.5. The van der Waals surface area contributed by atoms with Gasteiger partial charge >= 0.3 is 11.9 Å². The Kier molecular flexibility index (Phi) is 7.57. The number of aryl methyl sites for hydroxylation is 1. The van der Waals surface area contributed by atoms with Crippen LogP contribution in [0.15, 0.2) is 17.4 Å². The van der Waals surface area contributed by atoms with E-state index in [-0.39, 0.29) is 29.6 Å². The van der Waals surface area contributed by atoms with Crippen molar-refractivity contribution in [3.63, 3.8) is 0 Å². The Morgan fingerprint density at radius 1 is 1.42 bits per heavy atom. The fraction of sp³-hybridized carbons (Fsp3) is 0.700. The number of halogens is 1. The second-order valence-electron chi connectivity index (χ2n) is 9.11. The highest BCUT2D eigenvalue weighted by Gasteiger charge is 2.63. The second-order valence-corrected chi connectivity index (χ2v) is 10.9. The first-order chi connectivity index (χ1) is 15.2. The first kappa shape index (κ1) is 25.3. The zero-order valence-electron chi connectivity index (χ0n) is 18.6. The Labute approximate surface area is 202 Å². The van der Waals surface area contributed by atoms with E-state index in [1.165, 1.54) is 22.9 Å². The van der Waals surface area contributed by atoms with Crippen LogP contribution in [0.1, 0.15) is 39.5 Å². The Morgan fingerprint density at radius 2 is 2.12 bits per heavy atom. The van der Waals surface area contributed by atoms with E-state index in [9.17, 15) is 24.8 Å². The molecule has 11 nitrogen and oxygen atoms in total. The molecule has 0 saturated carbocycles. The van der Waals surface area contributed by atoms with Gasteiger partial charge in [0, 0.05) is 17.8 Å². The minimum atomic E-state index is -0.967. The number of carboxylic acid groups (broad SMARTS) is 1. The molecule has 4 rings (SSSR count). The predicted octanol–water partition coefficient (Wildman–Crippen LogP) is 2.25. The van der Waals surface area contributed by atoms with Gasteiger partial charge in [0.2, 0.25) is 0 Å². The zero-order chi connectivity index (χ0) is 23.0. The largest absolute Gasteiger partial charge is 0.480 e. The predicted molar refractivity (Wildman–Crippen MR) is 126 cm³/mol. The molecule has 0 aromatic carbocycles. The third kappa shape index (κ3) is 4.96. The number of aliphatic carboxylic acids is 1. The molecule has 0 bridgehead atoms. The van der Waals surface area contributed by atoms with Crippen LogP contribution in [0, 0.1) is 16.0 Å². The maximum atomic E-state index is 12.5. The second kappa shape index (κ2) is 9.88. The van der Waals surface area contributed by atoms with Gasteiger partial charge in [0.15, 0.2) is 6.04 Å². The van der Waals surface area contributed by atoms with Gasteiger partial charge in [0.1, 0.15) is 23.8 Å². The lowest BCUT2D eigenvalue weighted by molar-refractivity contribution is -0.396. The average Bonchev–Trinajstić information content (AvgIpc) is 3.30. The van der Waals surface area contributed by atoms with E-state index < -0.39 is 27.7 Å². The van der Waals surface area contributed by atoms with E-state index in [0.717, 1.165) is 38.8 Å². The first-order valence-corrected chi connectivity index (χ1v) is 11.7. The lowest BCUT2D eigenvalue weighted by Gasteiger charge is -2.41. The number of hydrogen-bond acceptors (Lipinski definition) is 7. The molecule has 0 radical (unpaired) electrons. The van der Waals surface area contributed by atoms with Crippen LogP contribution >= 0.6 is 24.2 Å². The zero-order valence-corrected chi connectivity index (χ0v) is 20.2. The van der Waals surface area contributed by atoms with Crippen LogP contribution in [0.3, 0.4) is 0 Å². The standard InChI is InChI=1S/C20H28N6O5S.ClH/c1-20(2)15(18(28)29)25-16(27)14(17(25)32-20)22-12-23-9-5-13(6-10-23)4-3-8-24-11-7-21-19(24)26(30)31;/h7,11-15,17H,3-6,8-10H2,1-2H3,(H,28,29);1H/t14-,15+,17-;/m1./s1. The van der Waals surface area contributed by atoms with Crippen LogP contribution in [0.25, 0.3) is 0 Å². The van der Waals surface area contributed by atoms with E-state index in [1.54, 1.807) is 17.1 Å². The molecule has 1 amide bonds. The van der Waals surface area contributed by atoms with Gasteiger partial charge in [-0.05, 0) is 50.4 Å². The molecule has 4 heterocycles. The molecular formula is C20H29ClN6O5S. The van der Waals surface area contributed by atoms with Crippen molar-refractivity contribution in [1.29, 1.82) is 0 Å². The SMILES string of the molecule is CC1(C)S[C@@H]2[C@H](N=CN3CCC(CCCn4ccnc4[N+](=O)[O-])CC3)C(=O)N2[C@H]1C(=O)O.Cl. The summed E-state index contributed by atoms with van der Waals surface area (Å²) in [6, 6.07) is -1.32. The van der Waals surface area contributed by atoms with Crippen molar-refractivity contribution in [1.82, 2.24) is 19.4 Å². The fourth-order valence-electron chi connectivity index (χ4n) is 4.85. The molecule has 1 aromatic heterocycles. The van der Waals surface area contributed by atoms with E-state index in [1.807, 2.05) is 13.8 Å². The molecular weight excluding hydrogens is 472 g/mol. The van der Waals surface area contributed by atoms with Crippen LogP contribution in [0.5, 0.6) is 0 Å².